The van der Waals surface area contributed by atoms with E-state index < -0.39 is 18.0 Å². The monoisotopic (exact) mass is 337 g/mol. The SMILES string of the molecule is C=CCc1ccccc1OC1CN(CC)CC1O.O=C(O)C(=O)O. The quantitative estimate of drug-likeness (QED) is 0.544. The van der Waals surface area contributed by atoms with Crippen LogP contribution in [0.3, 0.4) is 0 Å². The molecule has 1 aliphatic rings. The number of aliphatic carboxylic acids is 2. The highest BCUT2D eigenvalue weighted by molar-refractivity contribution is 6.27. The van der Waals surface area contributed by atoms with Crippen molar-refractivity contribution in [2.45, 2.75) is 25.6 Å². The number of hydrogen-bond acceptors (Lipinski definition) is 5. The van der Waals surface area contributed by atoms with Gasteiger partial charge in [-0.3, -0.25) is 4.90 Å². The number of carboxylic acid groups (broad SMARTS) is 2. The molecule has 0 bridgehead atoms. The Hall–Kier alpha value is -2.38. The van der Waals surface area contributed by atoms with Crippen molar-refractivity contribution in [1.29, 1.82) is 0 Å². The Morgan fingerprint density at radius 2 is 1.92 bits per heavy atom. The molecule has 1 aliphatic heterocycles. The van der Waals surface area contributed by atoms with Gasteiger partial charge in [-0.15, -0.1) is 6.58 Å². The summed E-state index contributed by atoms with van der Waals surface area (Å²) in [6.45, 7) is 8.29. The molecule has 132 valence electrons. The minimum absolute atomic E-state index is 0.129. The predicted molar refractivity (Wildman–Crippen MR) is 88.2 cm³/mol. The van der Waals surface area contributed by atoms with Crippen LogP contribution in [0.15, 0.2) is 36.9 Å². The Kier molecular flexibility index (Phi) is 7.94. The Morgan fingerprint density at radius 3 is 2.42 bits per heavy atom. The zero-order valence-electron chi connectivity index (χ0n) is 13.6. The number of carbonyl (C=O) groups is 2. The Labute approximate surface area is 140 Å². The Bertz CT molecular complexity index is 562. The average Bonchev–Trinajstić information content (AvgIpc) is 2.90. The van der Waals surface area contributed by atoms with Crippen LogP contribution in [0.25, 0.3) is 0 Å². The van der Waals surface area contributed by atoms with E-state index in [1.165, 1.54) is 0 Å². The van der Waals surface area contributed by atoms with E-state index in [0.717, 1.165) is 30.8 Å². The fraction of sp³-hybridized carbons (Fsp3) is 0.412. The summed E-state index contributed by atoms with van der Waals surface area (Å²) in [5, 5.41) is 24.8. The van der Waals surface area contributed by atoms with Gasteiger partial charge in [0.1, 0.15) is 18.0 Å². The molecule has 1 heterocycles. The Morgan fingerprint density at radius 1 is 1.29 bits per heavy atom. The van der Waals surface area contributed by atoms with Crippen molar-refractivity contribution in [3.05, 3.63) is 42.5 Å². The average molecular weight is 337 g/mol. The molecule has 1 aromatic carbocycles. The normalized spacial score (nSPS) is 19.9. The van der Waals surface area contributed by atoms with Gasteiger partial charge in [0.15, 0.2) is 0 Å². The molecule has 1 saturated heterocycles. The minimum Gasteiger partial charge on any atom is -0.486 e. The molecule has 24 heavy (non-hydrogen) atoms. The summed E-state index contributed by atoms with van der Waals surface area (Å²) in [7, 11) is 0. The van der Waals surface area contributed by atoms with E-state index in [0.29, 0.717) is 6.54 Å². The maximum Gasteiger partial charge on any atom is 0.414 e. The first-order chi connectivity index (χ1) is 11.4. The van der Waals surface area contributed by atoms with Crippen LogP contribution in [-0.2, 0) is 16.0 Å². The van der Waals surface area contributed by atoms with Crippen molar-refractivity contribution in [3.8, 4) is 5.75 Å². The molecule has 1 aromatic rings. The van der Waals surface area contributed by atoms with Crippen molar-refractivity contribution in [3.63, 3.8) is 0 Å². The predicted octanol–water partition coefficient (Wildman–Crippen LogP) is 1.01. The molecule has 2 atom stereocenters. The standard InChI is InChI=1S/C15H21NO2.C2H2O4/c1-3-7-12-8-5-6-9-14(12)18-15-11-16(4-2)10-13(15)17;3-1(4)2(5)6/h3,5-6,8-9,13,15,17H,1,4,7,10-11H2,2H3;(H,3,4)(H,5,6). The number of ether oxygens (including phenoxy) is 1. The highest BCUT2D eigenvalue weighted by atomic mass is 16.5. The number of aliphatic hydroxyl groups is 1. The van der Waals surface area contributed by atoms with Crippen LogP contribution in [0.2, 0.25) is 0 Å². The summed E-state index contributed by atoms with van der Waals surface area (Å²) in [4.78, 5) is 20.4. The van der Waals surface area contributed by atoms with Gasteiger partial charge < -0.3 is 20.1 Å². The maximum absolute atomic E-state index is 9.99. The van der Waals surface area contributed by atoms with Gasteiger partial charge in [0.25, 0.3) is 0 Å². The Balaban J connectivity index is 0.000000413. The largest absolute Gasteiger partial charge is 0.486 e. The van der Waals surface area contributed by atoms with Crippen LogP contribution >= 0.6 is 0 Å². The molecular formula is C17H23NO6. The lowest BCUT2D eigenvalue weighted by Gasteiger charge is -2.18. The van der Waals surface area contributed by atoms with E-state index in [1.54, 1.807) is 0 Å². The molecular weight excluding hydrogens is 314 g/mol. The molecule has 0 amide bonds. The minimum atomic E-state index is -1.82. The van der Waals surface area contributed by atoms with Crippen molar-refractivity contribution in [2.24, 2.45) is 0 Å². The molecule has 2 unspecified atom stereocenters. The molecule has 1 fully saturated rings. The molecule has 3 N–H and O–H groups in total. The van der Waals surface area contributed by atoms with Gasteiger partial charge >= 0.3 is 11.9 Å². The summed E-state index contributed by atoms with van der Waals surface area (Å²) in [5.74, 6) is -2.79. The van der Waals surface area contributed by atoms with Gasteiger partial charge in [-0.25, -0.2) is 9.59 Å². The first kappa shape index (κ1) is 19.7. The summed E-state index contributed by atoms with van der Waals surface area (Å²) < 4.78 is 5.96. The molecule has 0 aliphatic carbocycles. The van der Waals surface area contributed by atoms with Gasteiger partial charge in [-0.1, -0.05) is 31.2 Å². The third-order valence-electron chi connectivity index (χ3n) is 3.56. The molecule has 0 spiro atoms. The highest BCUT2D eigenvalue weighted by Crippen LogP contribution is 2.23. The zero-order valence-corrected chi connectivity index (χ0v) is 13.6. The third kappa shape index (κ3) is 6.02. The van der Waals surface area contributed by atoms with Crippen LogP contribution in [0.4, 0.5) is 0 Å². The fourth-order valence-corrected chi connectivity index (χ4v) is 2.31. The van der Waals surface area contributed by atoms with Gasteiger partial charge in [0, 0.05) is 13.1 Å². The van der Waals surface area contributed by atoms with Crippen molar-refractivity contribution in [1.82, 2.24) is 4.90 Å². The molecule has 2 rings (SSSR count). The molecule has 0 saturated carbocycles. The highest BCUT2D eigenvalue weighted by Gasteiger charge is 2.32. The number of benzene rings is 1. The summed E-state index contributed by atoms with van der Waals surface area (Å²) >= 11 is 0. The van der Waals surface area contributed by atoms with Crippen molar-refractivity contribution in [2.75, 3.05) is 19.6 Å². The number of likely N-dealkylation sites (N-methyl/N-ethyl adjacent to an activating group) is 1. The van der Waals surface area contributed by atoms with E-state index in [1.807, 2.05) is 30.3 Å². The van der Waals surface area contributed by atoms with Crippen LogP contribution in [0.1, 0.15) is 12.5 Å². The van der Waals surface area contributed by atoms with E-state index >= 15 is 0 Å². The molecule has 0 aromatic heterocycles. The lowest BCUT2D eigenvalue weighted by atomic mass is 10.1. The van der Waals surface area contributed by atoms with E-state index in [9.17, 15) is 5.11 Å². The fourth-order valence-electron chi connectivity index (χ4n) is 2.31. The number of nitrogens with zero attached hydrogens (tertiary/aromatic N) is 1. The maximum atomic E-state index is 9.99. The lowest BCUT2D eigenvalue weighted by molar-refractivity contribution is -0.159. The summed E-state index contributed by atoms with van der Waals surface area (Å²) in [5.41, 5.74) is 1.12. The van der Waals surface area contributed by atoms with E-state index in [4.69, 9.17) is 24.5 Å². The smallest absolute Gasteiger partial charge is 0.414 e. The van der Waals surface area contributed by atoms with Crippen LogP contribution < -0.4 is 4.74 Å². The second-order valence-corrected chi connectivity index (χ2v) is 5.29. The van der Waals surface area contributed by atoms with Crippen LogP contribution in [0, 0.1) is 0 Å². The van der Waals surface area contributed by atoms with Crippen LogP contribution in [0.5, 0.6) is 5.75 Å². The van der Waals surface area contributed by atoms with Gasteiger partial charge in [0.05, 0.1) is 0 Å². The number of allylic oxidation sites excluding steroid dienone is 1. The first-order valence-corrected chi connectivity index (χ1v) is 7.61. The number of hydrogen-bond donors (Lipinski definition) is 3. The number of aliphatic hydroxyl groups excluding tert-OH is 1. The van der Waals surface area contributed by atoms with Crippen LogP contribution in [-0.4, -0.2) is 64.0 Å². The number of para-hydroxylation sites is 1. The number of rotatable bonds is 5. The van der Waals surface area contributed by atoms with Crippen molar-refractivity contribution < 1.29 is 29.6 Å². The number of β-amino-alcohol motifs (C(OH)–C–C–N with tert-alkyl or cyclic N) is 1. The molecule has 0 radical (unpaired) electrons. The van der Waals surface area contributed by atoms with Gasteiger partial charge in [-0.2, -0.15) is 0 Å². The summed E-state index contributed by atoms with van der Waals surface area (Å²) in [6, 6.07) is 7.95. The van der Waals surface area contributed by atoms with E-state index in [-0.39, 0.29) is 6.10 Å². The summed E-state index contributed by atoms with van der Waals surface area (Å²) in [6.07, 6.45) is 2.12. The van der Waals surface area contributed by atoms with Gasteiger partial charge in [0.2, 0.25) is 0 Å². The topological polar surface area (TPSA) is 107 Å². The second kappa shape index (κ2) is 9.69. The first-order valence-electron chi connectivity index (χ1n) is 7.61. The number of carboxylic acids is 2. The van der Waals surface area contributed by atoms with E-state index in [2.05, 4.69) is 18.4 Å². The molecule has 7 nitrogen and oxygen atoms in total. The molecule has 7 heteroatoms. The zero-order chi connectivity index (χ0) is 18.1. The van der Waals surface area contributed by atoms with Crippen molar-refractivity contribution >= 4 is 11.9 Å². The second-order valence-electron chi connectivity index (χ2n) is 5.29. The van der Waals surface area contributed by atoms with Gasteiger partial charge in [-0.05, 0) is 24.6 Å². The number of likely N-dealkylation sites (tertiary alicyclic amines) is 1. The third-order valence-corrected chi connectivity index (χ3v) is 3.56. The lowest BCUT2D eigenvalue weighted by Crippen LogP contribution is -2.30.